The Balaban J connectivity index is 1.60. The van der Waals surface area contributed by atoms with Crippen LogP contribution in [0.15, 0.2) is 42.5 Å². The molecule has 32 heavy (non-hydrogen) atoms. The molecule has 0 spiro atoms. The molecule has 1 aromatic heterocycles. The molecule has 4 rings (SSSR count). The first-order valence-corrected chi connectivity index (χ1v) is 11.2. The number of aliphatic hydroxyl groups excluding tert-OH is 1. The number of carbonyl (C=O) groups is 1. The van der Waals surface area contributed by atoms with E-state index in [2.05, 4.69) is 4.90 Å². The van der Waals surface area contributed by atoms with Gasteiger partial charge in [0.25, 0.3) is 0 Å². The molecule has 2 aromatic carbocycles. The number of para-hydroxylation sites is 1. The zero-order chi connectivity index (χ0) is 22.7. The lowest BCUT2D eigenvalue weighted by atomic mass is 10.1. The summed E-state index contributed by atoms with van der Waals surface area (Å²) in [5, 5.41) is 21.3. The molecule has 1 fully saturated rings. The van der Waals surface area contributed by atoms with E-state index in [-0.39, 0.29) is 18.1 Å². The number of fused-ring (bicyclic) bond motifs is 1. The van der Waals surface area contributed by atoms with Crippen molar-refractivity contribution in [1.82, 2.24) is 14.9 Å². The number of phenols is 1. The predicted molar refractivity (Wildman–Crippen MR) is 126 cm³/mol. The van der Waals surface area contributed by atoms with E-state index in [9.17, 15) is 15.0 Å². The molecule has 0 bridgehead atoms. The molecule has 1 amide bonds. The molecule has 168 valence electrons. The Morgan fingerprint density at radius 3 is 2.56 bits per heavy atom. The maximum Gasteiger partial charge on any atom is 0.225 e. The van der Waals surface area contributed by atoms with Gasteiger partial charge in [0.1, 0.15) is 11.6 Å². The average Bonchev–Trinajstić information content (AvgIpc) is 2.78. The van der Waals surface area contributed by atoms with Crippen LogP contribution in [0.5, 0.6) is 5.75 Å². The molecule has 2 heterocycles. The number of phenolic OH excluding ortho intramolecular Hbond substituents is 1. The fourth-order valence-electron chi connectivity index (χ4n) is 4.18. The smallest absolute Gasteiger partial charge is 0.225 e. The number of hydrogen-bond donors (Lipinski definition) is 2. The normalized spacial score (nSPS) is 15.2. The third-order valence-corrected chi connectivity index (χ3v) is 5.94. The van der Waals surface area contributed by atoms with E-state index >= 15 is 0 Å². The van der Waals surface area contributed by atoms with Gasteiger partial charge in [0.2, 0.25) is 5.91 Å². The standard InChI is InChI=1S/C25H30N4O3/c1-3-6-18(30)16-23(32)28-11-13-29(14-12-28)25-19-10-9-17(2)15-21(19)26-24(27-25)20-7-4-5-8-22(20)31/h4-5,7-10,15,18,30-31H,3,6,11-14,16H2,1-2H3. The number of aromatic nitrogens is 2. The Morgan fingerprint density at radius 1 is 1.09 bits per heavy atom. The van der Waals surface area contributed by atoms with E-state index in [1.165, 1.54) is 0 Å². The molecule has 7 heteroatoms. The van der Waals surface area contributed by atoms with E-state index in [4.69, 9.17) is 9.97 Å². The number of aliphatic hydroxyl groups is 1. The van der Waals surface area contributed by atoms with Gasteiger partial charge < -0.3 is 20.0 Å². The lowest BCUT2D eigenvalue weighted by Gasteiger charge is -2.36. The quantitative estimate of drug-likeness (QED) is 0.617. The number of rotatable bonds is 6. The van der Waals surface area contributed by atoms with E-state index in [0.29, 0.717) is 44.0 Å². The molecule has 0 saturated carbocycles. The van der Waals surface area contributed by atoms with Crippen molar-refractivity contribution in [3.63, 3.8) is 0 Å². The number of aryl methyl sites for hydroxylation is 1. The van der Waals surface area contributed by atoms with Gasteiger partial charge in [0.15, 0.2) is 5.82 Å². The van der Waals surface area contributed by atoms with Crippen LogP contribution in [0, 0.1) is 6.92 Å². The minimum atomic E-state index is -0.569. The molecule has 1 unspecified atom stereocenters. The fourth-order valence-corrected chi connectivity index (χ4v) is 4.18. The minimum absolute atomic E-state index is 0.00340. The van der Waals surface area contributed by atoms with Crippen molar-refractivity contribution in [2.45, 2.75) is 39.2 Å². The summed E-state index contributed by atoms with van der Waals surface area (Å²) in [6, 6.07) is 13.2. The highest BCUT2D eigenvalue weighted by Crippen LogP contribution is 2.32. The number of piperazine rings is 1. The molecule has 1 aliphatic heterocycles. The van der Waals surface area contributed by atoms with Crippen LogP contribution in [0.25, 0.3) is 22.3 Å². The van der Waals surface area contributed by atoms with Crippen molar-refractivity contribution < 1.29 is 15.0 Å². The van der Waals surface area contributed by atoms with Crippen molar-refractivity contribution in [2.24, 2.45) is 0 Å². The van der Waals surface area contributed by atoms with Crippen LogP contribution in [0.2, 0.25) is 0 Å². The summed E-state index contributed by atoms with van der Waals surface area (Å²) in [7, 11) is 0. The largest absolute Gasteiger partial charge is 0.507 e. The van der Waals surface area contributed by atoms with Gasteiger partial charge in [0, 0.05) is 31.6 Å². The predicted octanol–water partition coefficient (Wildman–Crippen LogP) is 3.51. The maximum atomic E-state index is 12.5. The molecular weight excluding hydrogens is 404 g/mol. The number of anilines is 1. The molecule has 2 N–H and O–H groups in total. The first-order valence-electron chi connectivity index (χ1n) is 11.2. The molecule has 0 radical (unpaired) electrons. The molecule has 1 aliphatic rings. The third-order valence-electron chi connectivity index (χ3n) is 5.94. The van der Waals surface area contributed by atoms with Gasteiger partial charge in [-0.25, -0.2) is 9.97 Å². The van der Waals surface area contributed by atoms with Crippen LogP contribution in [-0.2, 0) is 4.79 Å². The highest BCUT2D eigenvalue weighted by atomic mass is 16.3. The van der Waals surface area contributed by atoms with Gasteiger partial charge in [-0.1, -0.05) is 31.5 Å². The molecule has 1 atom stereocenters. The molecule has 3 aromatic rings. The second kappa shape index (κ2) is 9.53. The van der Waals surface area contributed by atoms with Gasteiger partial charge >= 0.3 is 0 Å². The Hall–Kier alpha value is -3.19. The van der Waals surface area contributed by atoms with Gasteiger partial charge in [-0.2, -0.15) is 0 Å². The summed E-state index contributed by atoms with van der Waals surface area (Å²) in [4.78, 5) is 26.1. The number of benzene rings is 2. The lowest BCUT2D eigenvalue weighted by Crippen LogP contribution is -2.49. The van der Waals surface area contributed by atoms with Crippen LogP contribution in [-0.4, -0.2) is 63.3 Å². The Bertz CT molecular complexity index is 1110. The highest BCUT2D eigenvalue weighted by Gasteiger charge is 2.25. The Labute approximate surface area is 188 Å². The number of nitrogens with zero attached hydrogens (tertiary/aromatic N) is 4. The van der Waals surface area contributed by atoms with Gasteiger partial charge in [-0.05, 0) is 43.2 Å². The maximum absolute atomic E-state index is 12.5. The Morgan fingerprint density at radius 2 is 1.84 bits per heavy atom. The molecule has 0 aliphatic carbocycles. The van der Waals surface area contributed by atoms with Gasteiger partial charge in [0.05, 0.1) is 23.6 Å². The summed E-state index contributed by atoms with van der Waals surface area (Å²) in [5.74, 6) is 1.44. The summed E-state index contributed by atoms with van der Waals surface area (Å²) >= 11 is 0. The van der Waals surface area contributed by atoms with Gasteiger partial charge in [-0.3, -0.25) is 4.79 Å². The highest BCUT2D eigenvalue weighted by molar-refractivity contribution is 5.92. The molecule has 7 nitrogen and oxygen atoms in total. The van der Waals surface area contributed by atoms with Crippen LogP contribution in [0.3, 0.4) is 0 Å². The number of amides is 1. The summed E-state index contributed by atoms with van der Waals surface area (Å²) in [5.41, 5.74) is 2.52. The second-order valence-corrected chi connectivity index (χ2v) is 8.42. The van der Waals surface area contributed by atoms with Crippen molar-refractivity contribution in [2.75, 3.05) is 31.1 Å². The molecular formula is C25H30N4O3. The first kappa shape index (κ1) is 22.0. The van der Waals surface area contributed by atoms with Crippen molar-refractivity contribution in [3.05, 3.63) is 48.0 Å². The zero-order valence-corrected chi connectivity index (χ0v) is 18.7. The summed E-state index contributed by atoms with van der Waals surface area (Å²) < 4.78 is 0. The van der Waals surface area contributed by atoms with E-state index in [0.717, 1.165) is 28.7 Å². The van der Waals surface area contributed by atoms with Crippen molar-refractivity contribution in [1.29, 1.82) is 0 Å². The van der Waals surface area contributed by atoms with Gasteiger partial charge in [-0.15, -0.1) is 0 Å². The number of aromatic hydroxyl groups is 1. The van der Waals surface area contributed by atoms with Crippen LogP contribution >= 0.6 is 0 Å². The minimum Gasteiger partial charge on any atom is -0.507 e. The van der Waals surface area contributed by atoms with Crippen molar-refractivity contribution >= 4 is 22.6 Å². The monoisotopic (exact) mass is 434 g/mol. The first-order chi connectivity index (χ1) is 15.5. The third kappa shape index (κ3) is 4.67. The SMILES string of the molecule is CCCC(O)CC(=O)N1CCN(c2nc(-c3ccccc3O)nc3cc(C)ccc23)CC1. The Kier molecular flexibility index (Phi) is 6.55. The zero-order valence-electron chi connectivity index (χ0n) is 18.7. The second-order valence-electron chi connectivity index (χ2n) is 8.42. The topological polar surface area (TPSA) is 89.8 Å². The van der Waals surface area contributed by atoms with E-state index in [1.54, 1.807) is 12.1 Å². The lowest BCUT2D eigenvalue weighted by molar-refractivity contribution is -0.133. The van der Waals surface area contributed by atoms with E-state index < -0.39 is 6.10 Å². The number of carbonyl (C=O) groups excluding carboxylic acids is 1. The van der Waals surface area contributed by atoms with Crippen LogP contribution < -0.4 is 4.90 Å². The van der Waals surface area contributed by atoms with Crippen LogP contribution in [0.1, 0.15) is 31.7 Å². The van der Waals surface area contributed by atoms with Crippen molar-refractivity contribution in [3.8, 4) is 17.1 Å². The average molecular weight is 435 g/mol. The summed E-state index contributed by atoms with van der Waals surface area (Å²) in [6.07, 6.45) is 1.12. The number of hydrogen-bond acceptors (Lipinski definition) is 6. The van der Waals surface area contributed by atoms with Crippen LogP contribution in [0.4, 0.5) is 5.82 Å². The van der Waals surface area contributed by atoms with E-state index in [1.807, 2.05) is 49.1 Å². The summed E-state index contributed by atoms with van der Waals surface area (Å²) in [6.45, 7) is 6.50. The molecule has 1 saturated heterocycles. The fraction of sp³-hybridized carbons (Fsp3) is 0.400.